The number of nitrogens with zero attached hydrogens (tertiary/aromatic N) is 1. The summed E-state index contributed by atoms with van der Waals surface area (Å²) in [5.41, 5.74) is 2.81. The maximum atomic E-state index is 12.1. The molecule has 2 heterocycles. The van der Waals surface area contributed by atoms with Gasteiger partial charge in [0.25, 0.3) is 0 Å². The molecule has 3 rings (SSSR count). The molecule has 0 fully saturated rings. The molecule has 118 valence electrons. The van der Waals surface area contributed by atoms with Crippen LogP contribution >= 0.6 is 11.3 Å². The number of hydrogen-bond acceptors (Lipinski definition) is 4. The third-order valence-corrected chi connectivity index (χ3v) is 4.40. The van der Waals surface area contributed by atoms with Gasteiger partial charge in [0.1, 0.15) is 5.76 Å². The average molecular weight is 326 g/mol. The predicted octanol–water partition coefficient (Wildman–Crippen LogP) is 4.46. The van der Waals surface area contributed by atoms with Gasteiger partial charge in [-0.15, -0.1) is 11.3 Å². The summed E-state index contributed by atoms with van der Waals surface area (Å²) in [5.74, 6) is 1.53. The first kappa shape index (κ1) is 15.5. The zero-order chi connectivity index (χ0) is 16.2. The van der Waals surface area contributed by atoms with E-state index in [1.165, 1.54) is 16.9 Å². The monoisotopic (exact) mass is 326 g/mol. The van der Waals surface area contributed by atoms with Crippen LogP contribution in [0.1, 0.15) is 23.9 Å². The minimum atomic E-state index is -0.0678. The molecule has 0 spiro atoms. The van der Waals surface area contributed by atoms with Crippen LogP contribution in [-0.2, 0) is 17.6 Å². The number of thiazole rings is 1. The van der Waals surface area contributed by atoms with Gasteiger partial charge < -0.3 is 9.73 Å². The second-order valence-corrected chi connectivity index (χ2v) is 6.19. The quantitative estimate of drug-likeness (QED) is 0.753. The van der Waals surface area contributed by atoms with Gasteiger partial charge >= 0.3 is 0 Å². The molecule has 0 unspecified atom stereocenters. The number of aryl methyl sites for hydroxylation is 2. The first-order chi connectivity index (χ1) is 11.1. The van der Waals surface area contributed by atoms with E-state index in [0.717, 1.165) is 34.3 Å². The highest BCUT2D eigenvalue weighted by Gasteiger charge is 2.11. The van der Waals surface area contributed by atoms with Gasteiger partial charge in [-0.25, -0.2) is 4.98 Å². The summed E-state index contributed by atoms with van der Waals surface area (Å²) < 4.78 is 5.55. The van der Waals surface area contributed by atoms with Crippen LogP contribution in [0.25, 0.3) is 10.8 Å². The van der Waals surface area contributed by atoms with E-state index in [1.54, 1.807) is 0 Å². The van der Waals surface area contributed by atoms with Gasteiger partial charge in [-0.1, -0.05) is 19.1 Å². The highest BCUT2D eigenvalue weighted by atomic mass is 32.1. The Morgan fingerprint density at radius 1 is 1.22 bits per heavy atom. The number of aromatic nitrogens is 1. The van der Waals surface area contributed by atoms with E-state index in [-0.39, 0.29) is 12.3 Å². The molecular weight excluding hydrogens is 308 g/mol. The van der Waals surface area contributed by atoms with Crippen LogP contribution < -0.4 is 5.32 Å². The molecule has 0 aliphatic rings. The van der Waals surface area contributed by atoms with Crippen LogP contribution in [0.15, 0.2) is 46.2 Å². The van der Waals surface area contributed by atoms with Crippen molar-refractivity contribution >= 4 is 22.9 Å². The third kappa shape index (κ3) is 3.87. The van der Waals surface area contributed by atoms with Crippen LogP contribution in [0.4, 0.5) is 5.69 Å². The number of amides is 1. The molecular formula is C18H18N2O2S. The molecule has 0 atom stereocenters. The van der Waals surface area contributed by atoms with Gasteiger partial charge in [0.05, 0.1) is 12.1 Å². The Hall–Kier alpha value is -2.40. The molecule has 0 bridgehead atoms. The summed E-state index contributed by atoms with van der Waals surface area (Å²) in [6, 6.07) is 11.7. The summed E-state index contributed by atoms with van der Waals surface area (Å²) in [4.78, 5) is 16.6. The van der Waals surface area contributed by atoms with Crippen molar-refractivity contribution in [2.45, 2.75) is 26.7 Å². The number of carbonyl (C=O) groups excluding carboxylic acids is 1. The van der Waals surface area contributed by atoms with E-state index in [2.05, 4.69) is 17.2 Å². The molecule has 3 aromatic rings. The van der Waals surface area contributed by atoms with Gasteiger partial charge in [-0.2, -0.15) is 0 Å². The molecule has 0 saturated carbocycles. The van der Waals surface area contributed by atoms with Crippen molar-refractivity contribution in [3.05, 3.63) is 58.8 Å². The minimum absolute atomic E-state index is 0.0678. The lowest BCUT2D eigenvalue weighted by Crippen LogP contribution is -2.14. The third-order valence-electron chi connectivity index (χ3n) is 3.49. The summed E-state index contributed by atoms with van der Waals surface area (Å²) in [5, 5.41) is 5.59. The van der Waals surface area contributed by atoms with Gasteiger partial charge in [0.2, 0.25) is 5.91 Å². The number of rotatable bonds is 5. The van der Waals surface area contributed by atoms with Gasteiger partial charge in [-0.3, -0.25) is 4.79 Å². The van der Waals surface area contributed by atoms with Crippen molar-refractivity contribution in [2.24, 2.45) is 0 Å². The highest BCUT2D eigenvalue weighted by molar-refractivity contribution is 7.13. The number of carbonyl (C=O) groups is 1. The molecule has 0 radical (unpaired) electrons. The lowest BCUT2D eigenvalue weighted by molar-refractivity contribution is -0.115. The van der Waals surface area contributed by atoms with Crippen LogP contribution in [0, 0.1) is 6.92 Å². The first-order valence-corrected chi connectivity index (χ1v) is 8.42. The highest BCUT2D eigenvalue weighted by Crippen LogP contribution is 2.25. The fraction of sp³-hybridized carbons (Fsp3) is 0.222. The van der Waals surface area contributed by atoms with Crippen molar-refractivity contribution in [3.8, 4) is 10.8 Å². The number of benzene rings is 1. The molecule has 1 N–H and O–H groups in total. The standard InChI is InChI=1S/C18H18N2O2S/c1-3-13-5-7-14(8-6-13)19-17(21)10-15-11-23-18(20-15)16-9-4-12(2)22-16/h4-9,11H,3,10H2,1-2H3,(H,19,21). The Morgan fingerprint density at radius 2 is 2.00 bits per heavy atom. The smallest absolute Gasteiger partial charge is 0.230 e. The maximum Gasteiger partial charge on any atom is 0.230 e. The summed E-state index contributed by atoms with van der Waals surface area (Å²) >= 11 is 1.48. The zero-order valence-corrected chi connectivity index (χ0v) is 13.9. The number of anilines is 1. The van der Waals surface area contributed by atoms with Gasteiger partial charge in [0.15, 0.2) is 10.8 Å². The molecule has 1 amide bonds. The summed E-state index contributed by atoms with van der Waals surface area (Å²) in [7, 11) is 0. The van der Waals surface area contributed by atoms with E-state index < -0.39 is 0 Å². The second kappa shape index (κ2) is 6.79. The lowest BCUT2D eigenvalue weighted by Gasteiger charge is -2.04. The van der Waals surface area contributed by atoms with Crippen LogP contribution in [0.5, 0.6) is 0 Å². The predicted molar refractivity (Wildman–Crippen MR) is 92.7 cm³/mol. The minimum Gasteiger partial charge on any atom is -0.459 e. The van der Waals surface area contributed by atoms with Crippen molar-refractivity contribution in [1.82, 2.24) is 4.98 Å². The Labute approximate surface area is 139 Å². The van der Waals surface area contributed by atoms with Crippen molar-refractivity contribution in [1.29, 1.82) is 0 Å². The second-order valence-electron chi connectivity index (χ2n) is 5.33. The van der Waals surface area contributed by atoms with Crippen molar-refractivity contribution < 1.29 is 9.21 Å². The largest absolute Gasteiger partial charge is 0.459 e. The molecule has 2 aromatic heterocycles. The van der Waals surface area contributed by atoms with Gasteiger partial charge in [0, 0.05) is 11.1 Å². The van der Waals surface area contributed by atoms with Gasteiger partial charge in [-0.05, 0) is 43.2 Å². The Morgan fingerprint density at radius 3 is 2.65 bits per heavy atom. The molecule has 23 heavy (non-hydrogen) atoms. The van der Waals surface area contributed by atoms with Crippen LogP contribution in [-0.4, -0.2) is 10.9 Å². The Kier molecular flexibility index (Phi) is 4.57. The summed E-state index contributed by atoms with van der Waals surface area (Å²) in [6.07, 6.45) is 1.24. The Balaban J connectivity index is 1.62. The molecule has 0 saturated heterocycles. The number of nitrogens with one attached hydrogen (secondary N) is 1. The van der Waals surface area contributed by atoms with E-state index in [4.69, 9.17) is 4.42 Å². The fourth-order valence-corrected chi connectivity index (χ4v) is 3.02. The first-order valence-electron chi connectivity index (χ1n) is 7.54. The normalized spacial score (nSPS) is 10.7. The van der Waals surface area contributed by atoms with Crippen molar-refractivity contribution in [3.63, 3.8) is 0 Å². The SMILES string of the molecule is CCc1ccc(NC(=O)Cc2csc(-c3ccc(C)o3)n2)cc1. The van der Waals surface area contributed by atoms with Crippen LogP contribution in [0.2, 0.25) is 0 Å². The van der Waals surface area contributed by atoms with E-state index in [0.29, 0.717) is 0 Å². The summed E-state index contributed by atoms with van der Waals surface area (Å²) in [6.45, 7) is 4.00. The molecule has 0 aliphatic carbocycles. The fourth-order valence-electron chi connectivity index (χ4n) is 2.24. The number of hydrogen-bond donors (Lipinski definition) is 1. The van der Waals surface area contributed by atoms with Crippen molar-refractivity contribution in [2.75, 3.05) is 5.32 Å². The topological polar surface area (TPSA) is 55.1 Å². The van der Waals surface area contributed by atoms with Crippen LogP contribution in [0.3, 0.4) is 0 Å². The zero-order valence-electron chi connectivity index (χ0n) is 13.1. The number of furan rings is 1. The van der Waals surface area contributed by atoms with E-state index in [1.807, 2.05) is 48.7 Å². The Bertz CT molecular complexity index is 803. The average Bonchev–Trinajstić information content (AvgIpc) is 3.17. The molecule has 0 aliphatic heterocycles. The maximum absolute atomic E-state index is 12.1. The molecule has 5 heteroatoms. The molecule has 4 nitrogen and oxygen atoms in total. The lowest BCUT2D eigenvalue weighted by atomic mass is 10.1. The molecule has 1 aromatic carbocycles. The van der Waals surface area contributed by atoms with E-state index >= 15 is 0 Å². The van der Waals surface area contributed by atoms with E-state index in [9.17, 15) is 4.79 Å².